The van der Waals surface area contributed by atoms with E-state index in [1.165, 1.54) is 4.90 Å². The van der Waals surface area contributed by atoms with Gasteiger partial charge in [0.15, 0.2) is 0 Å². The molecule has 11 heteroatoms. The van der Waals surface area contributed by atoms with Crippen molar-refractivity contribution >= 4 is 17.8 Å². The lowest BCUT2D eigenvalue weighted by molar-refractivity contribution is -0.139. The lowest BCUT2D eigenvalue weighted by Crippen LogP contribution is -2.41. The molecule has 0 aromatic carbocycles. The van der Waals surface area contributed by atoms with Crippen LogP contribution in [0.3, 0.4) is 0 Å². The molecule has 1 aromatic heterocycles. The lowest BCUT2D eigenvalue weighted by Gasteiger charge is -2.29. The van der Waals surface area contributed by atoms with Crippen molar-refractivity contribution in [2.75, 3.05) is 59.5 Å². The first-order valence-electron chi connectivity index (χ1n) is 11.9. The third-order valence-corrected chi connectivity index (χ3v) is 5.97. The highest BCUT2D eigenvalue weighted by Crippen LogP contribution is 2.19. The van der Waals surface area contributed by atoms with Crippen LogP contribution in [0, 0.1) is 0 Å². The SMILES string of the molecule is C=C(O)CN1CCN(C)Cc2cc(OCCCN3C(=O)CCC3=O)cc(n2)CN(CC(=O)O)CC1. The summed E-state index contributed by atoms with van der Waals surface area (Å²) in [5.41, 5.74) is 1.51. The predicted octanol–water partition coefficient (Wildman–Crippen LogP) is 0.705. The first kappa shape index (κ1) is 26.6. The van der Waals surface area contributed by atoms with Gasteiger partial charge in [0.05, 0.1) is 36.8 Å². The molecule has 2 amide bonds. The van der Waals surface area contributed by atoms with Crippen LogP contribution in [-0.4, -0.2) is 112 Å². The Kier molecular flexibility index (Phi) is 9.58. The van der Waals surface area contributed by atoms with Crippen molar-refractivity contribution in [1.29, 1.82) is 0 Å². The van der Waals surface area contributed by atoms with E-state index in [1.54, 1.807) is 4.90 Å². The Morgan fingerprint density at radius 3 is 2.29 bits per heavy atom. The minimum Gasteiger partial charge on any atom is -0.512 e. The van der Waals surface area contributed by atoms with Crippen LogP contribution in [0.5, 0.6) is 5.75 Å². The fraction of sp³-hybridized carbons (Fsp3) is 0.583. The third kappa shape index (κ3) is 8.61. The number of likely N-dealkylation sites (N-methyl/N-ethyl adjacent to an activating group) is 1. The summed E-state index contributed by atoms with van der Waals surface area (Å²) in [4.78, 5) is 47.0. The normalized spacial score (nSPS) is 18.8. The van der Waals surface area contributed by atoms with Gasteiger partial charge in [-0.25, -0.2) is 0 Å². The Hall–Kier alpha value is -3.02. The van der Waals surface area contributed by atoms with Crippen LogP contribution in [0.25, 0.3) is 0 Å². The van der Waals surface area contributed by atoms with E-state index in [9.17, 15) is 24.6 Å². The minimum absolute atomic E-state index is 0.0803. The van der Waals surface area contributed by atoms with Crippen LogP contribution in [-0.2, 0) is 27.5 Å². The highest BCUT2D eigenvalue weighted by Gasteiger charge is 2.28. The van der Waals surface area contributed by atoms with E-state index < -0.39 is 5.97 Å². The van der Waals surface area contributed by atoms with Gasteiger partial charge in [-0.3, -0.25) is 39.0 Å². The Morgan fingerprint density at radius 1 is 1.00 bits per heavy atom. The van der Waals surface area contributed by atoms with Crippen molar-refractivity contribution in [3.8, 4) is 5.75 Å². The van der Waals surface area contributed by atoms with Crippen LogP contribution in [0.2, 0.25) is 0 Å². The molecule has 0 saturated carbocycles. The number of rotatable bonds is 9. The zero-order chi connectivity index (χ0) is 25.4. The Bertz CT molecular complexity index is 923. The molecule has 11 nitrogen and oxygen atoms in total. The number of carbonyl (C=O) groups excluding carboxylic acids is 2. The second-order valence-corrected chi connectivity index (χ2v) is 9.11. The number of carboxylic acid groups (broad SMARTS) is 1. The molecule has 0 atom stereocenters. The molecule has 35 heavy (non-hydrogen) atoms. The number of likely N-dealkylation sites (tertiary alicyclic amines) is 1. The largest absolute Gasteiger partial charge is 0.512 e. The summed E-state index contributed by atoms with van der Waals surface area (Å²) in [6, 6.07) is 3.68. The van der Waals surface area contributed by atoms with Crippen LogP contribution < -0.4 is 4.74 Å². The van der Waals surface area contributed by atoms with E-state index in [2.05, 4.69) is 16.4 Å². The van der Waals surface area contributed by atoms with Crippen molar-refractivity contribution in [1.82, 2.24) is 24.6 Å². The van der Waals surface area contributed by atoms with E-state index in [0.29, 0.717) is 70.3 Å². The molecule has 0 spiro atoms. The molecular weight excluding hydrogens is 454 g/mol. The Morgan fingerprint density at radius 2 is 1.63 bits per heavy atom. The maximum Gasteiger partial charge on any atom is 0.317 e. The van der Waals surface area contributed by atoms with Crippen LogP contribution in [0.4, 0.5) is 0 Å². The topological polar surface area (TPSA) is 127 Å². The number of carboxylic acids is 1. The summed E-state index contributed by atoms with van der Waals surface area (Å²) in [6.45, 7) is 7.88. The summed E-state index contributed by atoms with van der Waals surface area (Å²) >= 11 is 0. The van der Waals surface area contributed by atoms with Crippen LogP contribution in [0.1, 0.15) is 30.7 Å². The number of pyridine rings is 1. The quantitative estimate of drug-likeness (QED) is 0.291. The number of nitrogens with zero attached hydrogens (tertiary/aromatic N) is 5. The zero-order valence-corrected chi connectivity index (χ0v) is 20.3. The van der Waals surface area contributed by atoms with Gasteiger partial charge in [-0.05, 0) is 13.5 Å². The van der Waals surface area contributed by atoms with Gasteiger partial charge in [0, 0.05) is 70.8 Å². The number of aromatic nitrogens is 1. The van der Waals surface area contributed by atoms with Crippen molar-refractivity contribution < 1.29 is 29.3 Å². The third-order valence-electron chi connectivity index (χ3n) is 5.97. The monoisotopic (exact) mass is 489 g/mol. The molecule has 1 fully saturated rings. The molecule has 1 aromatic rings. The number of fused-ring (bicyclic) bond motifs is 2. The number of hydrogen-bond donors (Lipinski definition) is 2. The second kappa shape index (κ2) is 12.6. The highest BCUT2D eigenvalue weighted by molar-refractivity contribution is 6.01. The number of carbonyl (C=O) groups is 3. The van der Waals surface area contributed by atoms with Gasteiger partial charge in [-0.15, -0.1) is 0 Å². The summed E-state index contributed by atoms with van der Waals surface area (Å²) < 4.78 is 5.94. The van der Waals surface area contributed by atoms with Crippen molar-refractivity contribution in [3.05, 3.63) is 35.9 Å². The smallest absolute Gasteiger partial charge is 0.317 e. The van der Waals surface area contributed by atoms with Crippen molar-refractivity contribution in [3.63, 3.8) is 0 Å². The Labute approximate surface area is 205 Å². The number of ether oxygens (including phenoxy) is 1. The van der Waals surface area contributed by atoms with Crippen LogP contribution >= 0.6 is 0 Å². The molecule has 0 radical (unpaired) electrons. The molecule has 0 aliphatic carbocycles. The average molecular weight is 490 g/mol. The minimum atomic E-state index is -0.923. The van der Waals surface area contributed by atoms with E-state index in [4.69, 9.17) is 9.72 Å². The molecule has 2 aliphatic heterocycles. The van der Waals surface area contributed by atoms with Crippen molar-refractivity contribution in [2.24, 2.45) is 0 Å². The van der Waals surface area contributed by atoms with Gasteiger partial charge >= 0.3 is 5.97 Å². The first-order chi connectivity index (χ1) is 16.7. The van der Waals surface area contributed by atoms with Gasteiger partial charge in [-0.1, -0.05) is 6.58 Å². The van der Waals surface area contributed by atoms with Crippen molar-refractivity contribution in [2.45, 2.75) is 32.4 Å². The molecule has 2 N–H and O–H groups in total. The number of aliphatic hydroxyl groups excluding tert-OH is 1. The standard InChI is InChI=1S/C24H35N5O6/c1-18(30)14-27-8-7-26(2)15-19-12-21(35-11-3-6-29-22(31)4-5-23(29)32)13-20(25-19)16-28(10-9-27)17-24(33)34/h12-13,30H,1,3-11,14-17H2,2H3,(H,33,34). The maximum atomic E-state index is 11.8. The molecule has 192 valence electrons. The van der Waals surface area contributed by atoms with E-state index in [1.807, 2.05) is 19.2 Å². The second-order valence-electron chi connectivity index (χ2n) is 9.11. The summed E-state index contributed by atoms with van der Waals surface area (Å²) in [5.74, 6) is -0.477. The molecule has 3 heterocycles. The lowest BCUT2D eigenvalue weighted by atomic mass is 10.2. The van der Waals surface area contributed by atoms with E-state index in [0.717, 1.165) is 12.2 Å². The predicted molar refractivity (Wildman–Crippen MR) is 128 cm³/mol. The van der Waals surface area contributed by atoms with Crippen LogP contribution in [0.15, 0.2) is 24.5 Å². The summed E-state index contributed by atoms with van der Waals surface area (Å²) in [5, 5.41) is 19.1. The Balaban J connectivity index is 1.69. The number of imide groups is 1. The van der Waals surface area contributed by atoms with E-state index >= 15 is 0 Å². The average Bonchev–Trinajstić information content (AvgIpc) is 3.09. The fourth-order valence-electron chi connectivity index (χ4n) is 4.26. The first-order valence-corrected chi connectivity index (χ1v) is 11.9. The maximum absolute atomic E-state index is 11.8. The fourth-order valence-corrected chi connectivity index (χ4v) is 4.26. The molecule has 0 unspecified atom stereocenters. The number of amides is 2. The molecule has 3 rings (SSSR count). The van der Waals surface area contributed by atoms with Gasteiger partial charge in [0.2, 0.25) is 11.8 Å². The molecule has 1 saturated heterocycles. The van der Waals surface area contributed by atoms with Gasteiger partial charge in [-0.2, -0.15) is 0 Å². The number of aliphatic carboxylic acids is 1. The zero-order valence-electron chi connectivity index (χ0n) is 20.3. The van der Waals surface area contributed by atoms with E-state index in [-0.39, 0.29) is 37.0 Å². The molecule has 2 aliphatic rings. The van der Waals surface area contributed by atoms with Gasteiger partial charge in [0.1, 0.15) is 5.75 Å². The summed E-state index contributed by atoms with van der Waals surface area (Å²) in [7, 11) is 1.99. The summed E-state index contributed by atoms with van der Waals surface area (Å²) in [6.07, 6.45) is 1.09. The number of aliphatic hydroxyl groups is 1. The van der Waals surface area contributed by atoms with Gasteiger partial charge in [0.25, 0.3) is 0 Å². The number of hydrogen-bond acceptors (Lipinski definition) is 9. The molecule has 2 bridgehead atoms. The molecular formula is C24H35N5O6. The van der Waals surface area contributed by atoms with Gasteiger partial charge < -0.3 is 14.9 Å². The highest BCUT2D eigenvalue weighted by atomic mass is 16.5.